The first kappa shape index (κ1) is 18.8. The normalized spacial score (nSPS) is 13.7. The van der Waals surface area contributed by atoms with E-state index in [0.29, 0.717) is 0 Å². The molecule has 1 aliphatic rings. The van der Waals surface area contributed by atoms with E-state index in [9.17, 15) is 0 Å². The van der Waals surface area contributed by atoms with Gasteiger partial charge in [-0.05, 0) is 31.6 Å². The summed E-state index contributed by atoms with van der Waals surface area (Å²) in [5.41, 5.74) is 0. The molecule has 0 spiro atoms. The van der Waals surface area contributed by atoms with Crippen LogP contribution in [0.4, 0.5) is 0 Å². The Labute approximate surface area is 123 Å². The predicted molar refractivity (Wildman–Crippen MR) is 89.9 cm³/mol. The summed E-state index contributed by atoms with van der Waals surface area (Å²) in [5, 5.41) is 0. The van der Waals surface area contributed by atoms with Crippen molar-refractivity contribution in [2.45, 2.75) is 59.3 Å². The molecule has 1 rings (SSSR count). The summed E-state index contributed by atoms with van der Waals surface area (Å²) in [7, 11) is 3.77. The Morgan fingerprint density at radius 1 is 0.895 bits per heavy atom. The molecule has 2 nitrogen and oxygen atoms in total. The molecular weight excluding hydrogens is 251 g/mol. The maximum atomic E-state index is 2.34. The van der Waals surface area contributed by atoms with E-state index in [-0.39, 0.29) is 0 Å². The molecule has 19 heavy (non-hydrogen) atoms. The summed E-state index contributed by atoms with van der Waals surface area (Å²) in [6, 6.07) is 0. The lowest BCUT2D eigenvalue weighted by atomic mass is 10.3. The van der Waals surface area contributed by atoms with Gasteiger partial charge in [0.15, 0.2) is 0 Å². The maximum absolute atomic E-state index is 2.34. The van der Waals surface area contributed by atoms with Gasteiger partial charge in [0.05, 0.1) is 6.67 Å². The van der Waals surface area contributed by atoms with Crippen molar-refractivity contribution < 1.29 is 0 Å². The second-order valence-electron chi connectivity index (χ2n) is 5.24. The van der Waals surface area contributed by atoms with Crippen LogP contribution in [0.5, 0.6) is 0 Å². The van der Waals surface area contributed by atoms with Gasteiger partial charge in [0.2, 0.25) is 0 Å². The summed E-state index contributed by atoms with van der Waals surface area (Å²) in [6.45, 7) is 9.02. The van der Waals surface area contributed by atoms with Gasteiger partial charge >= 0.3 is 0 Å². The van der Waals surface area contributed by atoms with Crippen molar-refractivity contribution in [3.05, 3.63) is 12.4 Å². The van der Waals surface area contributed by atoms with E-state index in [1.807, 2.05) is 0 Å². The number of hydrogen-bond acceptors (Lipinski definition) is 2. The average molecular weight is 285 g/mol. The third-order valence-corrected chi connectivity index (χ3v) is 4.34. The molecule has 0 bridgehead atoms. The maximum Gasteiger partial charge on any atom is 0.0890 e. The zero-order valence-electron chi connectivity index (χ0n) is 13.6. The van der Waals surface area contributed by atoms with Gasteiger partial charge in [0.1, 0.15) is 0 Å². The summed E-state index contributed by atoms with van der Waals surface area (Å²) in [4.78, 5) is 4.53. The molecule has 0 saturated carbocycles. The molecule has 3 heteroatoms. The highest BCUT2D eigenvalue weighted by atomic mass is 31.1. The van der Waals surface area contributed by atoms with Gasteiger partial charge in [0, 0.05) is 26.0 Å². The van der Waals surface area contributed by atoms with Crippen LogP contribution in [-0.2, 0) is 0 Å². The molecule has 0 aliphatic carbocycles. The molecule has 0 aromatic rings. The monoisotopic (exact) mass is 285 g/mol. The minimum absolute atomic E-state index is 1.07. The van der Waals surface area contributed by atoms with Gasteiger partial charge in [-0.25, -0.2) is 0 Å². The summed E-state index contributed by atoms with van der Waals surface area (Å²) in [6.07, 6.45) is 15.3. The average Bonchev–Trinajstić information content (AvgIpc) is 2.83. The lowest BCUT2D eigenvalue weighted by Crippen LogP contribution is -2.23. The third-order valence-electron chi connectivity index (χ3n) is 3.08. The molecule has 0 aromatic carbocycles. The predicted octanol–water partition coefficient (Wildman–Crippen LogP) is 5.00. The first-order valence-electron chi connectivity index (χ1n) is 8.00. The van der Waals surface area contributed by atoms with Crippen molar-refractivity contribution >= 4 is 8.58 Å². The van der Waals surface area contributed by atoms with Crippen LogP contribution >= 0.6 is 8.58 Å². The van der Waals surface area contributed by atoms with Crippen molar-refractivity contribution in [3.63, 3.8) is 0 Å². The summed E-state index contributed by atoms with van der Waals surface area (Å²) >= 11 is 0. The van der Waals surface area contributed by atoms with Crippen molar-refractivity contribution in [2.24, 2.45) is 0 Å². The first-order chi connectivity index (χ1) is 9.24. The Hall–Kier alpha value is -0.230. The molecule has 1 aliphatic heterocycles. The second kappa shape index (κ2) is 14.2. The molecule has 1 heterocycles. The minimum Gasteiger partial charge on any atom is -0.362 e. The first-order valence-corrected chi connectivity index (χ1v) is 9.26. The van der Waals surface area contributed by atoms with Crippen LogP contribution in [0.2, 0.25) is 0 Å². The number of unbranched alkanes of at least 4 members (excludes halogenated alkanes) is 3. The fourth-order valence-electron chi connectivity index (χ4n) is 1.75. The van der Waals surface area contributed by atoms with Gasteiger partial charge in [-0.3, -0.25) is 0 Å². The highest BCUT2D eigenvalue weighted by Gasteiger charge is 2.05. The van der Waals surface area contributed by atoms with Crippen LogP contribution in [0, 0.1) is 0 Å². The zero-order valence-corrected chi connectivity index (χ0v) is 14.5. The van der Waals surface area contributed by atoms with Crippen LogP contribution in [-0.4, -0.2) is 42.4 Å². The number of hydrogen-bond donors (Lipinski definition) is 0. The topological polar surface area (TPSA) is 6.48 Å². The molecule has 1 radical (unpaired) electrons. The number of rotatable bonds is 9. The zero-order chi connectivity index (χ0) is 14.3. The van der Waals surface area contributed by atoms with E-state index in [0.717, 1.165) is 6.67 Å². The van der Waals surface area contributed by atoms with Gasteiger partial charge in [-0.1, -0.05) is 48.6 Å². The lowest BCUT2D eigenvalue weighted by Gasteiger charge is -2.17. The number of nitrogens with zero attached hydrogens (tertiary/aromatic N) is 2. The van der Waals surface area contributed by atoms with Crippen molar-refractivity contribution in [1.82, 2.24) is 9.80 Å². The summed E-state index contributed by atoms with van der Waals surface area (Å²) < 4.78 is 0. The van der Waals surface area contributed by atoms with E-state index in [1.165, 1.54) is 57.4 Å². The Balaban J connectivity index is 0.000000344. The van der Waals surface area contributed by atoms with E-state index >= 15 is 0 Å². The molecule has 0 fully saturated rings. The Bertz CT molecular complexity index is 201. The largest absolute Gasteiger partial charge is 0.362 e. The smallest absolute Gasteiger partial charge is 0.0890 e. The van der Waals surface area contributed by atoms with Crippen LogP contribution in [0.1, 0.15) is 59.3 Å². The van der Waals surface area contributed by atoms with Gasteiger partial charge in [-0.15, -0.1) is 0 Å². The highest BCUT2D eigenvalue weighted by molar-refractivity contribution is 7.37. The van der Waals surface area contributed by atoms with Crippen molar-refractivity contribution in [3.8, 4) is 0 Å². The second-order valence-corrected chi connectivity index (χ2v) is 6.58. The summed E-state index contributed by atoms with van der Waals surface area (Å²) in [5.74, 6) is 0. The molecule has 0 amide bonds. The van der Waals surface area contributed by atoms with Crippen LogP contribution in [0.3, 0.4) is 0 Å². The van der Waals surface area contributed by atoms with Crippen LogP contribution in [0.25, 0.3) is 0 Å². The van der Waals surface area contributed by atoms with Gasteiger partial charge in [-0.2, -0.15) is 0 Å². The molecule has 0 atom stereocenters. The lowest BCUT2D eigenvalue weighted by molar-refractivity contribution is 0.293. The highest BCUT2D eigenvalue weighted by Crippen LogP contribution is 2.14. The molecular formula is C16H34N2P. The van der Waals surface area contributed by atoms with E-state index < -0.39 is 0 Å². The van der Waals surface area contributed by atoms with E-state index in [2.05, 4.69) is 50.0 Å². The van der Waals surface area contributed by atoms with Crippen LogP contribution < -0.4 is 0 Å². The quantitative estimate of drug-likeness (QED) is 0.435. The molecule has 0 saturated heterocycles. The Kier molecular flexibility index (Phi) is 14.0. The van der Waals surface area contributed by atoms with Crippen LogP contribution in [0.15, 0.2) is 12.4 Å². The van der Waals surface area contributed by atoms with E-state index in [4.69, 9.17) is 0 Å². The standard InChI is InChI=1S/C8H16N2.C8H18P/c1-3-4-5-10-7-6-9(2)8-10;1-3-5-7-9-8-6-4-2/h6-7H,3-5,8H2,1-2H3;3-8H2,1-2H3. The SMILES string of the molecule is CCCCN1C=CN(C)C1.CCCC[P]CCCC. The Morgan fingerprint density at radius 3 is 1.89 bits per heavy atom. The fraction of sp³-hybridized carbons (Fsp3) is 0.875. The van der Waals surface area contributed by atoms with Crippen molar-refractivity contribution in [2.75, 3.05) is 32.6 Å². The van der Waals surface area contributed by atoms with Crippen molar-refractivity contribution in [1.29, 1.82) is 0 Å². The Morgan fingerprint density at radius 2 is 1.47 bits per heavy atom. The molecule has 0 aromatic heterocycles. The third kappa shape index (κ3) is 12.5. The molecule has 0 N–H and O–H groups in total. The fourth-order valence-corrected chi connectivity index (χ4v) is 3.05. The molecule has 113 valence electrons. The van der Waals surface area contributed by atoms with Gasteiger partial charge < -0.3 is 9.80 Å². The van der Waals surface area contributed by atoms with E-state index in [1.54, 1.807) is 8.58 Å². The van der Waals surface area contributed by atoms with Gasteiger partial charge in [0.25, 0.3) is 0 Å². The molecule has 0 unspecified atom stereocenters. The minimum atomic E-state index is 1.07.